The van der Waals surface area contributed by atoms with E-state index < -0.39 is 0 Å². The van der Waals surface area contributed by atoms with Crippen LogP contribution >= 0.6 is 23.5 Å². The van der Waals surface area contributed by atoms with Crippen molar-refractivity contribution in [3.05, 3.63) is 74.9 Å². The summed E-state index contributed by atoms with van der Waals surface area (Å²) in [6, 6.07) is 17.7. The van der Waals surface area contributed by atoms with Gasteiger partial charge in [-0.25, -0.2) is 0 Å². The van der Waals surface area contributed by atoms with Crippen LogP contribution in [0.3, 0.4) is 0 Å². The molecule has 122 valence electrons. The molecule has 0 spiro atoms. The van der Waals surface area contributed by atoms with Crippen LogP contribution in [-0.2, 0) is 4.79 Å². The lowest BCUT2D eigenvalue weighted by atomic mass is 10.0. The van der Waals surface area contributed by atoms with Crippen LogP contribution in [0, 0.1) is 0 Å². The van der Waals surface area contributed by atoms with Crippen molar-refractivity contribution < 1.29 is 9.53 Å². The molecule has 2 aromatic rings. The second-order valence-corrected chi connectivity index (χ2v) is 7.76. The van der Waals surface area contributed by atoms with E-state index in [1.54, 1.807) is 30.6 Å². The number of thioether (sulfide) groups is 2. The Balaban J connectivity index is 1.96. The Hall–Kier alpha value is -1.91. The molecule has 0 saturated heterocycles. The third-order valence-corrected chi connectivity index (χ3v) is 5.88. The standard InChI is InChI=1S/C20H18O2S2/c1-3-23-20-18(15-9-11-16(22-2)12-10-15)19(21)17(24-20)13-14-7-5-4-6-8-14/h4-13H,3H2,1-2H3/b17-13-. The molecule has 1 heterocycles. The molecule has 2 nitrogen and oxygen atoms in total. The zero-order valence-corrected chi connectivity index (χ0v) is 15.2. The Kier molecular flexibility index (Phi) is 5.48. The highest BCUT2D eigenvalue weighted by Gasteiger charge is 2.30. The Bertz CT molecular complexity index is 790. The summed E-state index contributed by atoms with van der Waals surface area (Å²) in [5, 5.41) is 0. The lowest BCUT2D eigenvalue weighted by molar-refractivity contribution is -0.109. The summed E-state index contributed by atoms with van der Waals surface area (Å²) in [7, 11) is 1.64. The number of methoxy groups -OCH3 is 1. The molecule has 1 aliphatic heterocycles. The molecule has 0 bridgehead atoms. The minimum atomic E-state index is 0.102. The fraction of sp³-hybridized carbons (Fsp3) is 0.150. The summed E-state index contributed by atoms with van der Waals surface area (Å²) >= 11 is 3.29. The van der Waals surface area contributed by atoms with Crippen molar-refractivity contribution in [2.45, 2.75) is 6.92 Å². The Morgan fingerprint density at radius 3 is 2.42 bits per heavy atom. The number of rotatable bonds is 5. The van der Waals surface area contributed by atoms with E-state index in [9.17, 15) is 4.79 Å². The molecule has 0 aliphatic carbocycles. The second-order valence-electron chi connectivity index (χ2n) is 5.17. The lowest BCUT2D eigenvalue weighted by Crippen LogP contribution is -1.98. The lowest BCUT2D eigenvalue weighted by Gasteiger charge is -2.05. The third kappa shape index (κ3) is 3.60. The number of hydrogen-bond donors (Lipinski definition) is 0. The van der Waals surface area contributed by atoms with Crippen molar-refractivity contribution in [1.82, 2.24) is 0 Å². The van der Waals surface area contributed by atoms with Gasteiger partial charge in [0.2, 0.25) is 5.78 Å². The Morgan fingerprint density at radius 1 is 1.08 bits per heavy atom. The summed E-state index contributed by atoms with van der Waals surface area (Å²) in [6.07, 6.45) is 1.97. The largest absolute Gasteiger partial charge is 0.497 e. The van der Waals surface area contributed by atoms with Gasteiger partial charge in [-0.3, -0.25) is 4.79 Å². The summed E-state index contributed by atoms with van der Waals surface area (Å²) in [5.74, 6) is 1.83. The smallest absolute Gasteiger partial charge is 0.202 e. The van der Waals surface area contributed by atoms with E-state index in [0.717, 1.165) is 37.3 Å². The van der Waals surface area contributed by atoms with Gasteiger partial charge >= 0.3 is 0 Å². The quantitative estimate of drug-likeness (QED) is 0.665. The number of benzene rings is 2. The predicted molar refractivity (Wildman–Crippen MR) is 105 cm³/mol. The highest BCUT2D eigenvalue weighted by Crippen LogP contribution is 2.49. The van der Waals surface area contributed by atoms with Crippen LogP contribution in [0.15, 0.2) is 63.7 Å². The average Bonchev–Trinajstić information content (AvgIpc) is 2.92. The van der Waals surface area contributed by atoms with E-state index in [0.29, 0.717) is 0 Å². The van der Waals surface area contributed by atoms with Gasteiger partial charge in [0.25, 0.3) is 0 Å². The summed E-state index contributed by atoms with van der Waals surface area (Å²) < 4.78 is 6.29. The number of Topliss-reactive ketones (excluding diaryl/α,β-unsaturated/α-hetero) is 1. The van der Waals surface area contributed by atoms with Gasteiger partial charge in [-0.05, 0) is 35.1 Å². The molecule has 0 aromatic heterocycles. The van der Waals surface area contributed by atoms with Crippen LogP contribution in [-0.4, -0.2) is 18.6 Å². The van der Waals surface area contributed by atoms with Crippen molar-refractivity contribution in [1.29, 1.82) is 0 Å². The number of allylic oxidation sites excluding steroid dienone is 2. The van der Waals surface area contributed by atoms with E-state index >= 15 is 0 Å². The van der Waals surface area contributed by atoms with Gasteiger partial charge in [0, 0.05) is 0 Å². The molecular weight excluding hydrogens is 336 g/mol. The molecule has 0 radical (unpaired) electrons. The third-order valence-electron chi connectivity index (χ3n) is 3.61. The fourth-order valence-electron chi connectivity index (χ4n) is 2.45. The highest BCUT2D eigenvalue weighted by atomic mass is 32.2. The maximum absolute atomic E-state index is 13.0. The van der Waals surface area contributed by atoms with Crippen LogP contribution in [0.5, 0.6) is 5.75 Å². The van der Waals surface area contributed by atoms with Gasteiger partial charge in [0.1, 0.15) is 5.75 Å². The summed E-state index contributed by atoms with van der Waals surface area (Å²) in [4.78, 5) is 13.7. The molecule has 2 aromatic carbocycles. The van der Waals surface area contributed by atoms with Crippen molar-refractivity contribution in [3.63, 3.8) is 0 Å². The van der Waals surface area contributed by atoms with Crippen LogP contribution in [0.2, 0.25) is 0 Å². The summed E-state index contributed by atoms with van der Waals surface area (Å²) in [6.45, 7) is 2.10. The minimum Gasteiger partial charge on any atom is -0.497 e. The van der Waals surface area contributed by atoms with E-state index in [2.05, 4.69) is 6.92 Å². The van der Waals surface area contributed by atoms with Gasteiger partial charge in [-0.1, -0.05) is 61.2 Å². The zero-order chi connectivity index (χ0) is 16.9. The molecule has 0 atom stereocenters. The van der Waals surface area contributed by atoms with E-state index in [1.165, 1.54) is 0 Å². The first-order chi connectivity index (χ1) is 11.7. The van der Waals surface area contributed by atoms with Crippen molar-refractivity contribution in [2.75, 3.05) is 12.9 Å². The number of hydrogen-bond acceptors (Lipinski definition) is 4. The van der Waals surface area contributed by atoms with Gasteiger partial charge < -0.3 is 4.74 Å². The van der Waals surface area contributed by atoms with Gasteiger partial charge in [-0.2, -0.15) is 0 Å². The number of carbonyl (C=O) groups excluding carboxylic acids is 1. The average molecular weight is 354 g/mol. The second kappa shape index (κ2) is 7.77. The van der Waals surface area contributed by atoms with Crippen LogP contribution in [0.25, 0.3) is 11.6 Å². The highest BCUT2D eigenvalue weighted by molar-refractivity contribution is 8.25. The Morgan fingerprint density at radius 2 is 1.79 bits per heavy atom. The minimum absolute atomic E-state index is 0.102. The normalized spacial score (nSPS) is 16.1. The number of ether oxygens (including phenoxy) is 1. The SMILES string of the molecule is CCSC1=C(c2ccc(OC)cc2)C(=O)/C(=C/c2ccccc2)S1. The molecule has 24 heavy (non-hydrogen) atoms. The number of ketones is 1. The molecule has 0 amide bonds. The molecular formula is C20H18O2S2. The van der Waals surface area contributed by atoms with Crippen LogP contribution in [0.1, 0.15) is 18.1 Å². The molecule has 0 unspecified atom stereocenters. The first-order valence-electron chi connectivity index (χ1n) is 7.73. The molecule has 1 aliphatic rings. The monoisotopic (exact) mass is 354 g/mol. The topological polar surface area (TPSA) is 26.3 Å². The van der Waals surface area contributed by atoms with Gasteiger partial charge in [0.15, 0.2) is 0 Å². The zero-order valence-electron chi connectivity index (χ0n) is 13.6. The summed E-state index contributed by atoms with van der Waals surface area (Å²) in [5.41, 5.74) is 2.79. The molecule has 0 saturated carbocycles. The van der Waals surface area contributed by atoms with Gasteiger partial charge in [0.05, 0.1) is 21.8 Å². The van der Waals surface area contributed by atoms with E-state index in [1.807, 2.05) is 60.7 Å². The van der Waals surface area contributed by atoms with Crippen LogP contribution < -0.4 is 4.74 Å². The molecule has 4 heteroatoms. The fourth-order valence-corrected chi connectivity index (χ4v) is 4.83. The maximum Gasteiger partial charge on any atom is 0.202 e. The maximum atomic E-state index is 13.0. The van der Waals surface area contributed by atoms with Crippen molar-refractivity contribution >= 4 is 41.0 Å². The van der Waals surface area contributed by atoms with E-state index in [-0.39, 0.29) is 5.78 Å². The Labute approximate surface area is 151 Å². The van der Waals surface area contributed by atoms with Crippen molar-refractivity contribution in [3.8, 4) is 5.75 Å². The van der Waals surface area contributed by atoms with E-state index in [4.69, 9.17) is 4.74 Å². The molecule has 0 fully saturated rings. The first kappa shape index (κ1) is 16.9. The predicted octanol–water partition coefficient (Wildman–Crippen LogP) is 5.47. The molecule has 3 rings (SSSR count). The number of carbonyl (C=O) groups is 1. The molecule has 0 N–H and O–H groups in total. The van der Waals surface area contributed by atoms with Crippen LogP contribution in [0.4, 0.5) is 0 Å². The first-order valence-corrected chi connectivity index (χ1v) is 9.54. The van der Waals surface area contributed by atoms with Gasteiger partial charge in [-0.15, -0.1) is 11.8 Å². The van der Waals surface area contributed by atoms with Crippen molar-refractivity contribution in [2.24, 2.45) is 0 Å².